The molecule has 10 nitrogen and oxygen atoms in total. The smallest absolute Gasteiger partial charge is 0.340 e. The zero-order valence-electron chi connectivity index (χ0n) is 49.8. The van der Waals surface area contributed by atoms with Crippen molar-refractivity contribution in [1.82, 2.24) is 0 Å². The van der Waals surface area contributed by atoms with Gasteiger partial charge in [-0.05, 0) is 162 Å². The molecule has 0 N–H and O–H groups in total. The van der Waals surface area contributed by atoms with Gasteiger partial charge in [-0.1, -0.05) is 101 Å². The Labute approximate surface area is 490 Å². The summed E-state index contributed by atoms with van der Waals surface area (Å²) in [5, 5.41) is 0. The molecule has 12 rings (SSSR count). The normalized spacial score (nSPS) is 16.8. The van der Waals surface area contributed by atoms with Crippen molar-refractivity contribution in [3.05, 3.63) is 224 Å². The summed E-state index contributed by atoms with van der Waals surface area (Å²) in [7, 11) is 0. The fraction of sp³-hybridized carbons (Fsp3) is 0.315. The number of nitrogens with zero attached hydrogens (tertiary/aromatic N) is 4. The van der Waals surface area contributed by atoms with Crippen LogP contribution in [0, 0.1) is 13.8 Å². The molecule has 4 aliphatic rings. The highest BCUT2D eigenvalue weighted by molar-refractivity contribution is 5.98. The second-order valence-electron chi connectivity index (χ2n) is 23.1. The molecule has 2 spiro atoms. The number of benzene rings is 8. The molecule has 10 heteroatoms. The minimum atomic E-state index is -1.19. The van der Waals surface area contributed by atoms with Gasteiger partial charge in [0, 0.05) is 124 Å². The molecular formula is C73H76N4O6. The molecule has 0 bridgehead atoms. The topological polar surface area (TPSA) is 84.0 Å². The van der Waals surface area contributed by atoms with Gasteiger partial charge in [-0.3, -0.25) is 0 Å². The van der Waals surface area contributed by atoms with Crippen LogP contribution in [0.3, 0.4) is 0 Å². The first kappa shape index (κ1) is 55.1. The molecule has 0 radical (unpaired) electrons. The number of carbonyl (C=O) groups excluding carboxylic acids is 2. The van der Waals surface area contributed by atoms with Crippen molar-refractivity contribution in [1.29, 1.82) is 0 Å². The third kappa shape index (κ3) is 8.90. The molecule has 8 aromatic rings. The lowest BCUT2D eigenvalue weighted by molar-refractivity contribution is 0.0214. The maximum Gasteiger partial charge on any atom is 0.340 e. The van der Waals surface area contributed by atoms with E-state index in [-0.39, 0.29) is 17.4 Å². The number of anilines is 6. The van der Waals surface area contributed by atoms with Gasteiger partial charge in [-0.25, -0.2) is 9.59 Å². The van der Waals surface area contributed by atoms with E-state index in [0.717, 1.165) is 144 Å². The van der Waals surface area contributed by atoms with Gasteiger partial charge in [0.05, 0.1) is 11.1 Å². The van der Waals surface area contributed by atoms with Gasteiger partial charge in [0.1, 0.15) is 23.0 Å². The second kappa shape index (κ2) is 21.7. The Morgan fingerprint density at radius 1 is 0.410 bits per heavy atom. The van der Waals surface area contributed by atoms with E-state index in [4.69, 9.17) is 18.9 Å². The number of hydrogen-bond acceptors (Lipinski definition) is 10. The van der Waals surface area contributed by atoms with E-state index in [1.165, 1.54) is 11.1 Å². The van der Waals surface area contributed by atoms with E-state index in [1.54, 1.807) is 0 Å². The SMILES string of the molecule is CCCCN(c1ccc(C(C)(C)c2ccc(N(CCCC)c3cc4c(cc3C)Oc3cc(N(CC)CC)ccc3C43OC(=O)c4ccccc43)cc2)cc1)c1cc2c(cc1C)Oc1cc(N(CC)CC)ccc1C21OC(=O)c2ccccc21. The summed E-state index contributed by atoms with van der Waals surface area (Å²) in [5.74, 6) is 2.08. The zero-order valence-corrected chi connectivity index (χ0v) is 49.8. The highest BCUT2D eigenvalue weighted by atomic mass is 16.6. The number of carbonyl (C=O) groups is 2. The van der Waals surface area contributed by atoms with Gasteiger partial charge in [-0.15, -0.1) is 0 Å². The summed E-state index contributed by atoms with van der Waals surface area (Å²) < 4.78 is 27.1. The summed E-state index contributed by atoms with van der Waals surface area (Å²) in [5.41, 5.74) is 14.2. The minimum Gasteiger partial charge on any atom is -0.456 e. The minimum absolute atomic E-state index is 0.339. The number of ether oxygens (including phenoxy) is 4. The van der Waals surface area contributed by atoms with Gasteiger partial charge in [0.15, 0.2) is 11.2 Å². The van der Waals surface area contributed by atoms with E-state index >= 15 is 0 Å². The maximum absolute atomic E-state index is 13.9. The summed E-state index contributed by atoms with van der Waals surface area (Å²) in [6.45, 7) is 27.0. The van der Waals surface area contributed by atoms with Crippen LogP contribution in [0.1, 0.15) is 157 Å². The number of unbranched alkanes of at least 4 members (excludes halogenated alkanes) is 2. The van der Waals surface area contributed by atoms with Crippen LogP contribution >= 0.6 is 0 Å². The zero-order chi connectivity index (χ0) is 58.0. The second-order valence-corrected chi connectivity index (χ2v) is 23.1. The molecule has 0 amide bonds. The molecule has 0 aliphatic carbocycles. The van der Waals surface area contributed by atoms with Gasteiger partial charge in [0.25, 0.3) is 0 Å². The highest BCUT2D eigenvalue weighted by Crippen LogP contribution is 2.60. The van der Waals surface area contributed by atoms with E-state index in [9.17, 15) is 9.59 Å². The number of esters is 2. The van der Waals surface area contributed by atoms with Crippen molar-refractivity contribution in [3.8, 4) is 23.0 Å². The van der Waals surface area contributed by atoms with Crippen LogP contribution in [0.15, 0.2) is 158 Å². The van der Waals surface area contributed by atoms with Crippen molar-refractivity contribution in [2.24, 2.45) is 0 Å². The van der Waals surface area contributed by atoms with Crippen molar-refractivity contribution in [3.63, 3.8) is 0 Å². The molecule has 0 aromatic heterocycles. The van der Waals surface area contributed by atoms with E-state index in [2.05, 4.69) is 198 Å². The van der Waals surface area contributed by atoms with Crippen LogP contribution in [-0.4, -0.2) is 51.2 Å². The van der Waals surface area contributed by atoms with Crippen LogP contribution in [0.25, 0.3) is 0 Å². The van der Waals surface area contributed by atoms with Crippen molar-refractivity contribution in [2.45, 2.75) is 112 Å². The Hall–Kier alpha value is -8.50. The predicted molar refractivity (Wildman–Crippen MR) is 335 cm³/mol. The van der Waals surface area contributed by atoms with Crippen molar-refractivity contribution < 1.29 is 28.5 Å². The Morgan fingerprint density at radius 3 is 1.14 bits per heavy atom. The summed E-state index contributed by atoms with van der Waals surface area (Å²) in [6, 6.07) is 55.0. The van der Waals surface area contributed by atoms with Crippen LogP contribution in [-0.2, 0) is 26.1 Å². The molecule has 2 unspecified atom stereocenters. The number of aryl methyl sites for hydroxylation is 2. The number of hydrogen-bond donors (Lipinski definition) is 0. The lowest BCUT2D eigenvalue weighted by Crippen LogP contribution is -2.34. The standard InChI is InChI=1S/C73H76N4O6/c1-11-17-39-76(63-45-61-65(41-47(63)7)80-67-43-53(74(13-3)14-4)35-37-59(67)72(61)57-25-21-19-23-55(57)69(78)82-72)51-31-27-49(28-32-51)71(9,10)50-29-33-52(34-30-50)77(40-18-12-2)64-46-62-66(42-48(64)8)81-68-44-54(75(15-5)16-6)36-38-60(68)73(62)58-26-22-20-24-56(58)70(79)83-73/h19-38,41-46H,11-18,39-40H2,1-10H3. The van der Waals surface area contributed by atoms with Crippen LogP contribution in [0.4, 0.5) is 34.1 Å². The lowest BCUT2D eigenvalue weighted by Gasteiger charge is -2.39. The predicted octanol–water partition coefficient (Wildman–Crippen LogP) is 17.3. The number of fused-ring (bicyclic) bond motifs is 12. The van der Waals surface area contributed by atoms with Crippen molar-refractivity contribution in [2.75, 3.05) is 58.9 Å². The largest absolute Gasteiger partial charge is 0.456 e. The average Bonchev–Trinajstić information content (AvgIpc) is 2.25. The molecule has 4 heterocycles. The number of rotatable bonds is 18. The third-order valence-corrected chi connectivity index (χ3v) is 18.1. The summed E-state index contributed by atoms with van der Waals surface area (Å²) in [4.78, 5) is 37.3. The monoisotopic (exact) mass is 1100 g/mol. The van der Waals surface area contributed by atoms with E-state index < -0.39 is 11.2 Å². The van der Waals surface area contributed by atoms with E-state index in [1.807, 2.05) is 48.5 Å². The average molecular weight is 1110 g/mol. The van der Waals surface area contributed by atoms with Gasteiger partial charge in [-0.2, -0.15) is 0 Å². The van der Waals surface area contributed by atoms with Gasteiger partial charge < -0.3 is 38.5 Å². The summed E-state index contributed by atoms with van der Waals surface area (Å²) >= 11 is 0. The molecule has 2 atom stereocenters. The molecule has 4 aliphatic heterocycles. The lowest BCUT2D eigenvalue weighted by atomic mass is 9.77. The van der Waals surface area contributed by atoms with Crippen LogP contribution in [0.5, 0.6) is 23.0 Å². The molecule has 0 saturated heterocycles. The molecule has 0 saturated carbocycles. The quantitative estimate of drug-likeness (QED) is 0.0775. The maximum atomic E-state index is 13.9. The fourth-order valence-corrected chi connectivity index (χ4v) is 13.4. The molecule has 8 aromatic carbocycles. The Balaban J connectivity index is 0.872. The first-order valence-electron chi connectivity index (χ1n) is 30.1. The first-order valence-corrected chi connectivity index (χ1v) is 30.1. The Kier molecular flexibility index (Phi) is 14.4. The first-order chi connectivity index (χ1) is 40.2. The van der Waals surface area contributed by atoms with E-state index in [0.29, 0.717) is 34.1 Å². The van der Waals surface area contributed by atoms with Gasteiger partial charge >= 0.3 is 11.9 Å². The molecule has 83 heavy (non-hydrogen) atoms. The highest BCUT2D eigenvalue weighted by Gasteiger charge is 2.55. The molecular weight excluding hydrogens is 1030 g/mol. The van der Waals surface area contributed by atoms with Crippen LogP contribution in [0.2, 0.25) is 0 Å². The molecule has 0 fully saturated rings. The molecule has 424 valence electrons. The van der Waals surface area contributed by atoms with Crippen LogP contribution < -0.4 is 29.1 Å². The Bertz CT molecular complexity index is 3560. The third-order valence-electron chi connectivity index (χ3n) is 18.1. The Morgan fingerprint density at radius 2 is 0.771 bits per heavy atom. The van der Waals surface area contributed by atoms with Crippen molar-refractivity contribution >= 4 is 46.1 Å². The summed E-state index contributed by atoms with van der Waals surface area (Å²) in [6.07, 6.45) is 4.01. The fourth-order valence-electron chi connectivity index (χ4n) is 13.4. The van der Waals surface area contributed by atoms with Gasteiger partial charge in [0.2, 0.25) is 0 Å².